The Balaban J connectivity index is 0.000000221. The quantitative estimate of drug-likeness (QED) is 0.786. The topological polar surface area (TPSA) is 54.9 Å². The van der Waals surface area contributed by atoms with Gasteiger partial charge in [-0.25, -0.2) is 0 Å². The third-order valence-electron chi connectivity index (χ3n) is 5.81. The maximum absolute atomic E-state index is 8.94. The molecule has 0 aliphatic carbocycles. The van der Waals surface area contributed by atoms with Crippen molar-refractivity contribution in [2.45, 2.75) is 52.9 Å². The highest BCUT2D eigenvalue weighted by molar-refractivity contribution is 5.74. The van der Waals surface area contributed by atoms with Crippen molar-refractivity contribution in [2.24, 2.45) is 0 Å². The molecule has 1 aromatic carbocycles. The summed E-state index contributed by atoms with van der Waals surface area (Å²) in [5, 5.41) is 12.4. The molecule has 1 aromatic heterocycles. The lowest BCUT2D eigenvalue weighted by Crippen LogP contribution is -2.29. The van der Waals surface area contributed by atoms with Gasteiger partial charge in [-0.05, 0) is 88.0 Å². The molecule has 0 amide bonds. The van der Waals surface area contributed by atoms with Gasteiger partial charge in [0.2, 0.25) is 0 Å². The maximum atomic E-state index is 8.94. The van der Waals surface area contributed by atoms with E-state index >= 15 is 0 Å². The SMILES string of the molecule is CCN1CCCCC1.Cc1cc(C#N)ccc1-c1[nH]c2c(c1C)CCCN2. The van der Waals surface area contributed by atoms with Gasteiger partial charge in [0.05, 0.1) is 17.3 Å². The predicted octanol–water partition coefficient (Wildman–Crippen LogP) is 5.02. The van der Waals surface area contributed by atoms with E-state index in [9.17, 15) is 0 Å². The molecule has 0 radical (unpaired) electrons. The molecule has 4 nitrogen and oxygen atoms in total. The van der Waals surface area contributed by atoms with Gasteiger partial charge in [-0.2, -0.15) is 5.26 Å². The predicted molar refractivity (Wildman–Crippen MR) is 113 cm³/mol. The number of aryl methyl sites for hydroxylation is 1. The Hall–Kier alpha value is -2.25. The lowest BCUT2D eigenvalue weighted by molar-refractivity contribution is 0.240. The van der Waals surface area contributed by atoms with E-state index in [1.165, 1.54) is 73.5 Å². The number of piperidine rings is 1. The van der Waals surface area contributed by atoms with Gasteiger partial charge < -0.3 is 15.2 Å². The minimum atomic E-state index is 0.716. The minimum Gasteiger partial charge on any atom is -0.371 e. The van der Waals surface area contributed by atoms with E-state index in [-0.39, 0.29) is 0 Å². The Labute approximate surface area is 163 Å². The molecule has 1 saturated heterocycles. The lowest BCUT2D eigenvalue weighted by atomic mass is 9.98. The van der Waals surface area contributed by atoms with Crippen LogP contribution in [0.3, 0.4) is 0 Å². The number of nitrogens with one attached hydrogen (secondary N) is 2. The van der Waals surface area contributed by atoms with Crippen LogP contribution in [0.1, 0.15) is 54.9 Å². The fourth-order valence-electron chi connectivity index (χ4n) is 4.13. The second kappa shape index (κ2) is 9.10. The largest absolute Gasteiger partial charge is 0.371 e. The number of benzene rings is 1. The van der Waals surface area contributed by atoms with E-state index in [0.29, 0.717) is 5.56 Å². The molecule has 4 rings (SSSR count). The first-order chi connectivity index (χ1) is 13.1. The van der Waals surface area contributed by atoms with Crippen LogP contribution in [0, 0.1) is 25.2 Å². The van der Waals surface area contributed by atoms with Gasteiger partial charge >= 0.3 is 0 Å². The summed E-state index contributed by atoms with van der Waals surface area (Å²) in [5.41, 5.74) is 6.96. The number of rotatable bonds is 2. The Morgan fingerprint density at radius 1 is 1.11 bits per heavy atom. The Morgan fingerprint density at radius 2 is 1.89 bits per heavy atom. The number of nitriles is 1. The first kappa shape index (κ1) is 19.5. The van der Waals surface area contributed by atoms with Gasteiger partial charge in [0, 0.05) is 12.1 Å². The van der Waals surface area contributed by atoms with E-state index in [1.807, 2.05) is 18.2 Å². The lowest BCUT2D eigenvalue weighted by Gasteiger charge is -2.24. The average Bonchev–Trinajstić information content (AvgIpc) is 3.05. The third-order valence-corrected chi connectivity index (χ3v) is 5.81. The molecular weight excluding hydrogens is 332 g/mol. The molecule has 3 heterocycles. The first-order valence-corrected chi connectivity index (χ1v) is 10.3. The fraction of sp³-hybridized carbons (Fsp3) is 0.522. The number of aromatic nitrogens is 1. The highest BCUT2D eigenvalue weighted by Gasteiger charge is 2.18. The summed E-state index contributed by atoms with van der Waals surface area (Å²) in [4.78, 5) is 6.02. The number of aromatic amines is 1. The fourth-order valence-corrected chi connectivity index (χ4v) is 4.13. The van der Waals surface area contributed by atoms with E-state index in [4.69, 9.17) is 5.26 Å². The summed E-state index contributed by atoms with van der Waals surface area (Å²) in [6.45, 7) is 11.5. The van der Waals surface area contributed by atoms with Crippen LogP contribution in [-0.2, 0) is 6.42 Å². The number of nitrogens with zero attached hydrogens (tertiary/aromatic N) is 2. The first-order valence-electron chi connectivity index (χ1n) is 10.3. The Bertz CT molecular complexity index is 807. The minimum absolute atomic E-state index is 0.716. The summed E-state index contributed by atoms with van der Waals surface area (Å²) in [6, 6.07) is 8.06. The Morgan fingerprint density at radius 3 is 2.48 bits per heavy atom. The molecule has 0 atom stereocenters. The van der Waals surface area contributed by atoms with E-state index in [2.05, 4.69) is 42.0 Å². The van der Waals surface area contributed by atoms with Crippen molar-refractivity contribution < 1.29 is 0 Å². The van der Waals surface area contributed by atoms with Crippen LogP contribution < -0.4 is 5.32 Å². The molecule has 2 aliphatic rings. The zero-order chi connectivity index (χ0) is 19.2. The molecule has 27 heavy (non-hydrogen) atoms. The summed E-state index contributed by atoms with van der Waals surface area (Å²) >= 11 is 0. The van der Waals surface area contributed by atoms with Crippen LogP contribution in [0.25, 0.3) is 11.3 Å². The van der Waals surface area contributed by atoms with Crippen molar-refractivity contribution in [3.8, 4) is 17.3 Å². The number of fused-ring (bicyclic) bond motifs is 1. The van der Waals surface area contributed by atoms with Gasteiger partial charge in [-0.3, -0.25) is 0 Å². The molecule has 2 aromatic rings. The standard InChI is InChI=1S/C16H17N3.C7H15N/c1-10-8-12(9-17)5-6-13(10)15-11(2)14-4-3-7-18-16(14)19-15;1-2-8-6-4-3-5-7-8/h5-6,8,18-19H,3-4,7H2,1-2H3;2-7H2,1H3. The van der Waals surface area contributed by atoms with Gasteiger partial charge in [0.1, 0.15) is 5.82 Å². The summed E-state index contributed by atoms with van der Waals surface area (Å²) in [6.07, 6.45) is 6.63. The van der Waals surface area contributed by atoms with Gasteiger partial charge in [-0.1, -0.05) is 19.4 Å². The van der Waals surface area contributed by atoms with Crippen LogP contribution in [0.15, 0.2) is 18.2 Å². The zero-order valence-corrected chi connectivity index (χ0v) is 17.0. The molecule has 0 unspecified atom stereocenters. The van der Waals surface area contributed by atoms with Gasteiger partial charge in [0.25, 0.3) is 0 Å². The normalized spacial score (nSPS) is 16.5. The third kappa shape index (κ3) is 4.54. The van der Waals surface area contributed by atoms with E-state index in [0.717, 1.165) is 18.5 Å². The van der Waals surface area contributed by atoms with Crippen molar-refractivity contribution in [1.29, 1.82) is 5.26 Å². The van der Waals surface area contributed by atoms with Crippen LogP contribution in [0.2, 0.25) is 0 Å². The molecule has 2 N–H and O–H groups in total. The van der Waals surface area contributed by atoms with E-state index < -0.39 is 0 Å². The number of H-pyrrole nitrogens is 1. The highest BCUT2D eigenvalue weighted by atomic mass is 15.1. The van der Waals surface area contributed by atoms with Crippen LogP contribution in [-0.4, -0.2) is 36.1 Å². The van der Waals surface area contributed by atoms with Crippen LogP contribution in [0.5, 0.6) is 0 Å². The second-order valence-electron chi connectivity index (χ2n) is 7.65. The van der Waals surface area contributed by atoms with Crippen LogP contribution in [0.4, 0.5) is 5.82 Å². The van der Waals surface area contributed by atoms with Crippen LogP contribution >= 0.6 is 0 Å². The number of likely N-dealkylation sites (tertiary alicyclic amines) is 1. The van der Waals surface area contributed by atoms with Crippen molar-refractivity contribution in [3.05, 3.63) is 40.5 Å². The number of hydrogen-bond acceptors (Lipinski definition) is 3. The highest BCUT2D eigenvalue weighted by Crippen LogP contribution is 2.34. The zero-order valence-electron chi connectivity index (χ0n) is 17.0. The summed E-state index contributed by atoms with van der Waals surface area (Å²) in [5.74, 6) is 1.17. The molecule has 0 spiro atoms. The molecule has 1 fully saturated rings. The number of hydrogen-bond donors (Lipinski definition) is 2. The molecule has 4 heteroatoms. The maximum Gasteiger partial charge on any atom is 0.107 e. The van der Waals surface area contributed by atoms with Crippen molar-refractivity contribution >= 4 is 5.82 Å². The second-order valence-corrected chi connectivity index (χ2v) is 7.65. The smallest absolute Gasteiger partial charge is 0.107 e. The van der Waals surface area contributed by atoms with Crippen molar-refractivity contribution in [2.75, 3.05) is 31.5 Å². The molecule has 2 aliphatic heterocycles. The van der Waals surface area contributed by atoms with Crippen molar-refractivity contribution in [3.63, 3.8) is 0 Å². The number of anilines is 1. The molecular formula is C23H32N4. The van der Waals surface area contributed by atoms with Crippen molar-refractivity contribution in [1.82, 2.24) is 9.88 Å². The summed E-state index contributed by atoms with van der Waals surface area (Å²) in [7, 11) is 0. The summed E-state index contributed by atoms with van der Waals surface area (Å²) < 4.78 is 0. The monoisotopic (exact) mass is 364 g/mol. The molecule has 0 saturated carbocycles. The van der Waals surface area contributed by atoms with E-state index in [1.54, 1.807) is 0 Å². The van der Waals surface area contributed by atoms with Gasteiger partial charge in [0.15, 0.2) is 0 Å². The average molecular weight is 365 g/mol. The Kier molecular flexibility index (Phi) is 6.58. The molecule has 144 valence electrons. The molecule has 0 bridgehead atoms. The van der Waals surface area contributed by atoms with Gasteiger partial charge in [-0.15, -0.1) is 0 Å².